The highest BCUT2D eigenvalue weighted by atomic mass is 32.2. The molecule has 0 bridgehead atoms. The van der Waals surface area contributed by atoms with Gasteiger partial charge in [-0.2, -0.15) is 0 Å². The highest BCUT2D eigenvalue weighted by molar-refractivity contribution is 7.93. The fourth-order valence-corrected chi connectivity index (χ4v) is 5.40. The van der Waals surface area contributed by atoms with Gasteiger partial charge in [0.2, 0.25) is 11.8 Å². The summed E-state index contributed by atoms with van der Waals surface area (Å²) >= 11 is 0. The van der Waals surface area contributed by atoms with Crippen molar-refractivity contribution in [1.29, 1.82) is 0 Å². The van der Waals surface area contributed by atoms with Crippen LogP contribution in [0.2, 0.25) is 0 Å². The molecule has 0 aromatic heterocycles. The first-order valence-corrected chi connectivity index (χ1v) is 11.6. The van der Waals surface area contributed by atoms with E-state index in [1.54, 1.807) is 49.4 Å². The van der Waals surface area contributed by atoms with Gasteiger partial charge in [0, 0.05) is 6.54 Å². The Hall–Kier alpha value is -3.65. The second-order valence-corrected chi connectivity index (χ2v) is 9.42. The molecule has 3 aromatic rings. The number of nitrogens with zero attached hydrogens (tertiary/aromatic N) is 1. The van der Waals surface area contributed by atoms with Crippen LogP contribution in [0.4, 0.5) is 11.4 Å². The van der Waals surface area contributed by atoms with Gasteiger partial charge in [0.25, 0.3) is 10.0 Å². The summed E-state index contributed by atoms with van der Waals surface area (Å²) in [5, 5.41) is 5.50. The average Bonchev–Trinajstić information content (AvgIpc) is 2.78. The Balaban J connectivity index is 1.66. The Kier molecular flexibility index (Phi) is 5.96. The lowest BCUT2D eigenvalue weighted by molar-refractivity contribution is -0.125. The number of hydrogen-bond donors (Lipinski definition) is 2. The Bertz CT molecular complexity index is 1260. The van der Waals surface area contributed by atoms with Crippen molar-refractivity contribution in [3.63, 3.8) is 0 Å². The van der Waals surface area contributed by atoms with Crippen LogP contribution in [-0.2, 0) is 26.2 Å². The molecule has 2 N–H and O–H groups in total. The predicted molar refractivity (Wildman–Crippen MR) is 123 cm³/mol. The number of carbonyl (C=O) groups is 2. The van der Waals surface area contributed by atoms with E-state index in [1.165, 1.54) is 6.07 Å². The summed E-state index contributed by atoms with van der Waals surface area (Å²) in [7, 11) is -4.10. The SMILES string of the molecule is Cc1cccc(S(=O)(=O)N2c3ccccc3NC(=O)C2CC(=O)NCc2ccccc2)c1. The molecular formula is C24H23N3O4S. The van der Waals surface area contributed by atoms with E-state index in [0.29, 0.717) is 11.4 Å². The molecule has 3 aromatic carbocycles. The van der Waals surface area contributed by atoms with Crippen LogP contribution in [0.5, 0.6) is 0 Å². The van der Waals surface area contributed by atoms with Crippen LogP contribution in [0, 0.1) is 6.92 Å². The van der Waals surface area contributed by atoms with Gasteiger partial charge in [-0.05, 0) is 42.3 Å². The number of rotatable bonds is 6. The van der Waals surface area contributed by atoms with E-state index in [2.05, 4.69) is 10.6 Å². The number of amides is 2. The van der Waals surface area contributed by atoms with Crippen LogP contribution in [-0.4, -0.2) is 26.3 Å². The molecule has 164 valence electrons. The summed E-state index contributed by atoms with van der Waals surface area (Å²) in [6, 6.07) is 21.3. The summed E-state index contributed by atoms with van der Waals surface area (Å²) < 4.78 is 28.3. The van der Waals surface area contributed by atoms with E-state index in [0.717, 1.165) is 15.4 Å². The smallest absolute Gasteiger partial charge is 0.265 e. The highest BCUT2D eigenvalue weighted by Crippen LogP contribution is 2.37. The molecule has 1 atom stereocenters. The maximum atomic E-state index is 13.6. The predicted octanol–water partition coefficient (Wildman–Crippen LogP) is 3.22. The number of nitrogens with one attached hydrogen (secondary N) is 2. The maximum Gasteiger partial charge on any atom is 0.265 e. The fourth-order valence-electron chi connectivity index (χ4n) is 3.67. The Labute approximate surface area is 187 Å². The molecule has 32 heavy (non-hydrogen) atoms. The fraction of sp³-hybridized carbons (Fsp3) is 0.167. The number of aryl methyl sites for hydroxylation is 1. The maximum absolute atomic E-state index is 13.6. The van der Waals surface area contributed by atoms with Gasteiger partial charge in [0.1, 0.15) is 6.04 Å². The molecule has 1 aliphatic heterocycles. The number of anilines is 2. The van der Waals surface area contributed by atoms with E-state index in [1.807, 2.05) is 30.3 Å². The molecule has 0 saturated carbocycles. The van der Waals surface area contributed by atoms with Crippen molar-refractivity contribution < 1.29 is 18.0 Å². The zero-order valence-electron chi connectivity index (χ0n) is 17.5. The molecule has 8 heteroatoms. The minimum Gasteiger partial charge on any atom is -0.352 e. The van der Waals surface area contributed by atoms with Gasteiger partial charge < -0.3 is 10.6 Å². The number of para-hydroxylation sites is 2. The van der Waals surface area contributed by atoms with Crippen LogP contribution in [0.25, 0.3) is 0 Å². The van der Waals surface area contributed by atoms with Crippen molar-refractivity contribution in [3.8, 4) is 0 Å². The number of carbonyl (C=O) groups excluding carboxylic acids is 2. The molecular weight excluding hydrogens is 426 g/mol. The highest BCUT2D eigenvalue weighted by Gasteiger charge is 2.41. The van der Waals surface area contributed by atoms with Crippen molar-refractivity contribution in [2.24, 2.45) is 0 Å². The monoisotopic (exact) mass is 449 g/mol. The van der Waals surface area contributed by atoms with Crippen molar-refractivity contribution in [2.75, 3.05) is 9.62 Å². The lowest BCUT2D eigenvalue weighted by Gasteiger charge is -2.36. The molecule has 1 aliphatic rings. The average molecular weight is 450 g/mol. The lowest BCUT2D eigenvalue weighted by Crippen LogP contribution is -2.52. The summed E-state index contributed by atoms with van der Waals surface area (Å²) in [6.07, 6.45) is -0.307. The van der Waals surface area contributed by atoms with Crippen LogP contribution in [0.1, 0.15) is 17.5 Å². The van der Waals surface area contributed by atoms with Gasteiger partial charge >= 0.3 is 0 Å². The third-order valence-electron chi connectivity index (χ3n) is 5.24. The molecule has 7 nitrogen and oxygen atoms in total. The number of fused-ring (bicyclic) bond motifs is 1. The number of hydrogen-bond acceptors (Lipinski definition) is 4. The first-order valence-electron chi connectivity index (χ1n) is 10.2. The first-order chi connectivity index (χ1) is 15.4. The largest absolute Gasteiger partial charge is 0.352 e. The topological polar surface area (TPSA) is 95.6 Å². The molecule has 0 fully saturated rings. The molecule has 1 heterocycles. The van der Waals surface area contributed by atoms with Gasteiger partial charge in [-0.25, -0.2) is 8.42 Å². The summed E-state index contributed by atoms with van der Waals surface area (Å²) in [6.45, 7) is 2.08. The van der Waals surface area contributed by atoms with Gasteiger partial charge in [-0.1, -0.05) is 54.6 Å². The minimum atomic E-state index is -4.10. The Morgan fingerprint density at radius 2 is 1.72 bits per heavy atom. The third-order valence-corrected chi connectivity index (χ3v) is 7.06. The lowest BCUT2D eigenvalue weighted by atomic mass is 10.1. The second kappa shape index (κ2) is 8.84. The van der Waals surface area contributed by atoms with Crippen LogP contribution >= 0.6 is 0 Å². The van der Waals surface area contributed by atoms with Gasteiger partial charge in [-0.3, -0.25) is 13.9 Å². The van der Waals surface area contributed by atoms with E-state index < -0.39 is 27.9 Å². The third kappa shape index (κ3) is 4.36. The molecule has 0 aliphatic carbocycles. The second-order valence-electron chi connectivity index (χ2n) is 7.61. The molecule has 4 rings (SSSR count). The van der Waals surface area contributed by atoms with E-state index >= 15 is 0 Å². The Morgan fingerprint density at radius 1 is 1.00 bits per heavy atom. The minimum absolute atomic E-state index is 0.0664. The normalized spacial score (nSPS) is 15.6. The van der Waals surface area contributed by atoms with E-state index in [-0.39, 0.29) is 17.9 Å². The summed E-state index contributed by atoms with van der Waals surface area (Å²) in [4.78, 5) is 25.7. The van der Waals surface area contributed by atoms with Crippen molar-refractivity contribution in [3.05, 3.63) is 90.0 Å². The van der Waals surface area contributed by atoms with Crippen LogP contribution < -0.4 is 14.9 Å². The number of sulfonamides is 1. The number of benzene rings is 3. The standard InChI is InChI=1S/C24H23N3O4S/c1-17-8-7-11-19(14-17)32(30,31)27-21-13-6-5-12-20(21)26-24(29)22(27)15-23(28)25-16-18-9-3-2-4-10-18/h2-14,22H,15-16H2,1H3,(H,25,28)(H,26,29). The first kappa shape index (κ1) is 21.6. The van der Waals surface area contributed by atoms with Crippen LogP contribution in [0.15, 0.2) is 83.8 Å². The molecule has 2 amide bonds. The van der Waals surface area contributed by atoms with Crippen molar-refractivity contribution in [1.82, 2.24) is 5.32 Å². The van der Waals surface area contributed by atoms with Gasteiger partial charge in [-0.15, -0.1) is 0 Å². The van der Waals surface area contributed by atoms with Crippen molar-refractivity contribution in [2.45, 2.75) is 30.8 Å². The Morgan fingerprint density at radius 3 is 2.47 bits per heavy atom. The molecule has 1 unspecified atom stereocenters. The van der Waals surface area contributed by atoms with Gasteiger partial charge in [0.15, 0.2) is 0 Å². The quantitative estimate of drug-likeness (QED) is 0.604. The van der Waals surface area contributed by atoms with Gasteiger partial charge in [0.05, 0.1) is 22.7 Å². The zero-order chi connectivity index (χ0) is 22.7. The van der Waals surface area contributed by atoms with Crippen molar-refractivity contribution >= 4 is 33.2 Å². The molecule has 0 saturated heterocycles. The van der Waals surface area contributed by atoms with E-state index in [4.69, 9.17) is 0 Å². The molecule has 0 radical (unpaired) electrons. The summed E-state index contributed by atoms with van der Waals surface area (Å²) in [5.74, 6) is -0.965. The molecule has 0 spiro atoms. The van der Waals surface area contributed by atoms with E-state index in [9.17, 15) is 18.0 Å². The zero-order valence-corrected chi connectivity index (χ0v) is 18.3. The van der Waals surface area contributed by atoms with Crippen LogP contribution in [0.3, 0.4) is 0 Å². The summed E-state index contributed by atoms with van der Waals surface area (Å²) in [5.41, 5.74) is 2.39.